The van der Waals surface area contributed by atoms with E-state index in [0.717, 1.165) is 0 Å². The van der Waals surface area contributed by atoms with Gasteiger partial charge in [-0.2, -0.15) is 0 Å². The first-order valence-corrected chi connectivity index (χ1v) is 0.507. The van der Waals surface area contributed by atoms with E-state index in [1.807, 2.05) is 0 Å². The van der Waals surface area contributed by atoms with E-state index in [1.165, 1.54) is 0 Å². The molecular weight excluding hydrogens is 81.8 g/mol. The van der Waals surface area contributed by atoms with Crippen molar-refractivity contribution in [1.29, 1.82) is 0 Å². The molecular formula is BF3N. The highest BCUT2D eigenvalue weighted by Gasteiger charge is 1.80. The molecule has 0 atom stereocenters. The number of halogens is 3. The second kappa shape index (κ2) is 3.81. The van der Waals surface area contributed by atoms with Gasteiger partial charge in [0.2, 0.25) is 0 Å². The average molecular weight is 81.8 g/mol. The summed E-state index contributed by atoms with van der Waals surface area (Å²) in [6, 6.07) is 0. The molecule has 29 valence electrons. The maximum absolute atomic E-state index is 9.50. The molecule has 0 saturated carbocycles. The Hall–Kier alpha value is -0.185. The fraction of sp³-hybridized carbons (Fsp3) is 0. The van der Waals surface area contributed by atoms with Crippen LogP contribution >= 0.6 is 0 Å². The average Bonchev–Trinajstić information content (AvgIpc) is 0.811. The van der Waals surface area contributed by atoms with Gasteiger partial charge in [-0.05, 0) is 0 Å². The van der Waals surface area contributed by atoms with Crippen molar-refractivity contribution < 1.29 is 13.4 Å². The van der Waals surface area contributed by atoms with Crippen molar-refractivity contribution in [3.63, 3.8) is 0 Å². The van der Waals surface area contributed by atoms with Crippen molar-refractivity contribution in [3.8, 4) is 0 Å². The van der Waals surface area contributed by atoms with Crippen LogP contribution < -0.4 is 0 Å². The second-order valence-electron chi connectivity index (χ2n) is 0.192. The first kappa shape index (κ1) is 8.84. The highest BCUT2D eigenvalue weighted by molar-refractivity contribution is 5.75. The van der Waals surface area contributed by atoms with Crippen molar-refractivity contribution in [2.24, 2.45) is 0 Å². The summed E-state index contributed by atoms with van der Waals surface area (Å²) >= 11 is 0. The molecule has 0 rings (SSSR count). The minimum Gasteiger partial charge on any atom is -0.0662 e. The molecule has 0 N–H and O–H groups in total. The molecule has 0 saturated heterocycles. The van der Waals surface area contributed by atoms with Crippen LogP contribution in [-0.4, -0.2) is 14.0 Å². The van der Waals surface area contributed by atoms with Crippen LogP contribution in [-0.2, 0) is 0 Å². The fourth-order valence-electron chi connectivity index (χ4n) is 0. The van der Waals surface area contributed by atoms with Gasteiger partial charge < -0.3 is 0 Å². The third-order valence-corrected chi connectivity index (χ3v) is 0. The van der Waals surface area contributed by atoms with E-state index >= 15 is 0 Å². The Bertz CT molecular complexity index is 11.6. The van der Waals surface area contributed by atoms with Gasteiger partial charge >= 0.3 is 0 Å². The summed E-state index contributed by atoms with van der Waals surface area (Å²) in [6.07, 6.45) is 0. The third kappa shape index (κ3) is 367. The monoisotopic (exact) mass is 82.0 g/mol. The van der Waals surface area contributed by atoms with Crippen LogP contribution in [0.4, 0.5) is 13.4 Å². The Kier molecular flexibility index (Phi) is 6.75. The molecule has 3 radical (unpaired) electrons. The maximum atomic E-state index is 9.50. The van der Waals surface area contributed by atoms with Crippen molar-refractivity contribution in [2.45, 2.75) is 0 Å². The van der Waals surface area contributed by atoms with Gasteiger partial charge in [0, 0.05) is 8.41 Å². The van der Waals surface area contributed by atoms with E-state index in [1.54, 1.807) is 0 Å². The van der Waals surface area contributed by atoms with Crippen molar-refractivity contribution >= 4 is 8.41 Å². The van der Waals surface area contributed by atoms with Crippen LogP contribution in [0, 0.1) is 0 Å². The van der Waals surface area contributed by atoms with Gasteiger partial charge in [0.05, 0.1) is 0 Å². The SMILES string of the molecule is FN(F)F.[B]. The minimum atomic E-state index is -2.50. The normalized spacial score (nSPS) is 7.20. The predicted molar refractivity (Wildman–Crippen MR) is 10.9 cm³/mol. The van der Waals surface area contributed by atoms with Crippen LogP contribution in [0.25, 0.3) is 0 Å². The second-order valence-corrected chi connectivity index (χ2v) is 0.192. The van der Waals surface area contributed by atoms with Gasteiger partial charge in [-0.1, -0.05) is 13.4 Å². The van der Waals surface area contributed by atoms with Gasteiger partial charge in [0.25, 0.3) is 0 Å². The molecule has 0 bridgehead atoms. The van der Waals surface area contributed by atoms with E-state index in [2.05, 4.69) is 0 Å². The lowest BCUT2D eigenvalue weighted by atomic mass is 10.8. The largest absolute Gasteiger partial charge is 0.199 e. The molecule has 0 aliphatic rings. The van der Waals surface area contributed by atoms with Gasteiger partial charge in [-0.3, -0.25) is 0 Å². The quantitative estimate of drug-likeness (QED) is 0.304. The van der Waals surface area contributed by atoms with Crippen LogP contribution in [0.15, 0.2) is 0 Å². The molecule has 0 spiro atoms. The summed E-state index contributed by atoms with van der Waals surface area (Å²) in [4.78, 5) is 0. The zero-order chi connectivity index (χ0) is 3.58. The molecule has 0 fully saturated rings. The summed E-state index contributed by atoms with van der Waals surface area (Å²) in [5, 5.41) is 0. The number of hydrogen-bond acceptors (Lipinski definition) is 1. The Morgan fingerprint density at radius 2 is 1.00 bits per heavy atom. The number of nitrogens with zero attached hydrogens (tertiary/aromatic N) is 1. The van der Waals surface area contributed by atoms with E-state index in [0.29, 0.717) is 0 Å². The van der Waals surface area contributed by atoms with Crippen LogP contribution in [0.2, 0.25) is 0 Å². The molecule has 0 amide bonds. The molecule has 0 aromatic carbocycles. The Balaban J connectivity index is 0. The fourth-order valence-corrected chi connectivity index (χ4v) is 0. The number of rotatable bonds is 0. The zero-order valence-electron chi connectivity index (χ0n) is 2.16. The smallest absolute Gasteiger partial charge is 0.0662 e. The first-order valence-electron chi connectivity index (χ1n) is 0.507. The molecule has 5 heavy (non-hydrogen) atoms. The molecule has 0 aliphatic heterocycles. The van der Waals surface area contributed by atoms with Crippen LogP contribution in [0.1, 0.15) is 0 Å². The summed E-state index contributed by atoms with van der Waals surface area (Å²) in [7, 11) is 0. The third-order valence-electron chi connectivity index (χ3n) is 0. The Morgan fingerprint density at radius 3 is 1.00 bits per heavy atom. The first-order chi connectivity index (χ1) is 1.73. The number of hydrogen-bond donors (Lipinski definition) is 0. The summed E-state index contributed by atoms with van der Waals surface area (Å²) in [5.74, 6) is 0. The lowest BCUT2D eigenvalue weighted by Gasteiger charge is -1.67. The Labute approximate surface area is 28.8 Å². The molecule has 5 heteroatoms. The highest BCUT2D eigenvalue weighted by atomic mass is 19.5. The highest BCUT2D eigenvalue weighted by Crippen LogP contribution is 1.82. The van der Waals surface area contributed by atoms with Crippen molar-refractivity contribution in [2.75, 3.05) is 0 Å². The molecule has 1 nitrogen and oxygen atoms in total. The molecule has 0 aromatic rings. The van der Waals surface area contributed by atoms with Gasteiger partial charge in [-0.25, -0.2) is 0 Å². The predicted octanol–water partition coefficient (Wildman–Crippen LogP) is 0.561. The van der Waals surface area contributed by atoms with Gasteiger partial charge in [0.1, 0.15) is 0 Å². The van der Waals surface area contributed by atoms with E-state index in [4.69, 9.17) is 0 Å². The molecule has 0 aliphatic carbocycles. The van der Waals surface area contributed by atoms with Crippen molar-refractivity contribution in [1.82, 2.24) is 5.57 Å². The summed E-state index contributed by atoms with van der Waals surface area (Å²) in [5.41, 5.74) is -2.50. The summed E-state index contributed by atoms with van der Waals surface area (Å²) < 4.78 is 28.5. The standard InChI is InChI=1S/B.F3N/c;1-4(2)3. The van der Waals surface area contributed by atoms with Crippen LogP contribution in [0.5, 0.6) is 0 Å². The molecule has 0 heterocycles. The lowest BCUT2D eigenvalue weighted by Crippen LogP contribution is -1.72. The van der Waals surface area contributed by atoms with Crippen LogP contribution in [0.3, 0.4) is 0 Å². The van der Waals surface area contributed by atoms with E-state index < -0.39 is 5.57 Å². The minimum absolute atomic E-state index is 0. The Morgan fingerprint density at radius 1 is 1.00 bits per heavy atom. The summed E-state index contributed by atoms with van der Waals surface area (Å²) in [6.45, 7) is 0. The van der Waals surface area contributed by atoms with E-state index in [9.17, 15) is 13.4 Å². The van der Waals surface area contributed by atoms with E-state index in [-0.39, 0.29) is 8.41 Å². The topological polar surface area (TPSA) is 3.24 Å². The van der Waals surface area contributed by atoms with Gasteiger partial charge in [0.15, 0.2) is 5.57 Å². The van der Waals surface area contributed by atoms with Gasteiger partial charge in [-0.15, -0.1) is 0 Å². The maximum Gasteiger partial charge on any atom is 0.199 e. The lowest BCUT2D eigenvalue weighted by molar-refractivity contribution is -0.295. The molecule has 0 aromatic heterocycles. The zero-order valence-corrected chi connectivity index (χ0v) is 2.16. The van der Waals surface area contributed by atoms with Crippen molar-refractivity contribution in [3.05, 3.63) is 0 Å². The molecule has 0 unspecified atom stereocenters.